The lowest BCUT2D eigenvalue weighted by Crippen LogP contribution is -3.00. The molecule has 0 saturated heterocycles. The quantitative estimate of drug-likeness (QED) is 0.390. The Morgan fingerprint density at radius 2 is 0.800 bits per heavy atom. The first-order valence-corrected chi connectivity index (χ1v) is 12.2. The SMILES string of the molecule is Cc1ccc([P+](Cc2ccccc2)(c2ccc(C)cc2)c2ccc(C)cc2)cc1.[Br-]. The fourth-order valence-electron chi connectivity index (χ4n) is 3.98. The van der Waals surface area contributed by atoms with Gasteiger partial charge >= 0.3 is 0 Å². The van der Waals surface area contributed by atoms with Crippen LogP contribution in [0.25, 0.3) is 0 Å². The van der Waals surface area contributed by atoms with E-state index in [0.29, 0.717) is 0 Å². The maximum Gasteiger partial charge on any atom is 0.116 e. The van der Waals surface area contributed by atoms with Crippen molar-refractivity contribution < 1.29 is 17.0 Å². The molecule has 4 aromatic rings. The zero-order chi connectivity index (χ0) is 20.3. The molecule has 30 heavy (non-hydrogen) atoms. The monoisotopic (exact) mass is 474 g/mol. The second kappa shape index (κ2) is 9.73. The third-order valence-electron chi connectivity index (χ3n) is 5.69. The van der Waals surface area contributed by atoms with E-state index in [0.717, 1.165) is 6.16 Å². The molecule has 0 fully saturated rings. The average Bonchev–Trinajstić information content (AvgIpc) is 2.75. The van der Waals surface area contributed by atoms with Crippen molar-refractivity contribution >= 4 is 23.2 Å². The summed E-state index contributed by atoms with van der Waals surface area (Å²) in [4.78, 5) is 0. The van der Waals surface area contributed by atoms with Crippen LogP contribution < -0.4 is 32.9 Å². The molecule has 0 aromatic heterocycles. The van der Waals surface area contributed by atoms with Gasteiger partial charge in [0.1, 0.15) is 23.2 Å². The third kappa shape index (κ3) is 4.59. The van der Waals surface area contributed by atoms with Crippen LogP contribution in [0, 0.1) is 20.8 Å². The van der Waals surface area contributed by atoms with Crippen LogP contribution in [-0.2, 0) is 6.16 Å². The Morgan fingerprint density at radius 3 is 1.13 bits per heavy atom. The second-order valence-corrected chi connectivity index (χ2v) is 11.4. The highest BCUT2D eigenvalue weighted by Gasteiger charge is 2.45. The lowest BCUT2D eigenvalue weighted by Gasteiger charge is -2.28. The van der Waals surface area contributed by atoms with Crippen LogP contribution in [-0.4, -0.2) is 0 Å². The molecule has 0 N–H and O–H groups in total. The van der Waals surface area contributed by atoms with Crippen molar-refractivity contribution in [3.8, 4) is 0 Å². The van der Waals surface area contributed by atoms with Gasteiger partial charge in [0, 0.05) is 0 Å². The molecule has 0 unspecified atom stereocenters. The summed E-state index contributed by atoms with van der Waals surface area (Å²) in [6.07, 6.45) is 1.03. The smallest absolute Gasteiger partial charge is 0.116 e. The van der Waals surface area contributed by atoms with Crippen molar-refractivity contribution in [3.63, 3.8) is 0 Å². The number of hydrogen-bond donors (Lipinski definition) is 0. The molecule has 0 saturated carbocycles. The first-order valence-electron chi connectivity index (χ1n) is 10.2. The molecule has 0 aliphatic carbocycles. The second-order valence-electron chi connectivity index (χ2n) is 7.96. The van der Waals surface area contributed by atoms with E-state index in [1.54, 1.807) is 0 Å². The highest BCUT2D eigenvalue weighted by Crippen LogP contribution is 2.58. The normalized spacial score (nSPS) is 11.0. The Hall–Kier alpha value is -2.21. The van der Waals surface area contributed by atoms with Gasteiger partial charge in [-0.25, -0.2) is 0 Å². The van der Waals surface area contributed by atoms with Crippen LogP contribution in [0.1, 0.15) is 22.3 Å². The third-order valence-corrected chi connectivity index (χ3v) is 10.1. The summed E-state index contributed by atoms with van der Waals surface area (Å²) in [5.74, 6) is 0. The lowest BCUT2D eigenvalue weighted by atomic mass is 10.2. The minimum atomic E-state index is -1.83. The molecule has 0 amide bonds. The van der Waals surface area contributed by atoms with E-state index < -0.39 is 7.26 Å². The molecule has 152 valence electrons. The van der Waals surface area contributed by atoms with Crippen molar-refractivity contribution in [1.29, 1.82) is 0 Å². The number of rotatable bonds is 5. The largest absolute Gasteiger partial charge is 1.00 e. The van der Waals surface area contributed by atoms with Gasteiger partial charge in [0.15, 0.2) is 0 Å². The minimum Gasteiger partial charge on any atom is -1.00 e. The Bertz CT molecular complexity index is 955. The van der Waals surface area contributed by atoms with Gasteiger partial charge in [-0.3, -0.25) is 0 Å². The van der Waals surface area contributed by atoms with Crippen molar-refractivity contribution in [3.05, 3.63) is 125 Å². The average molecular weight is 475 g/mol. The number of hydrogen-bond acceptors (Lipinski definition) is 0. The summed E-state index contributed by atoms with van der Waals surface area (Å²) >= 11 is 0. The molecule has 0 spiro atoms. The van der Waals surface area contributed by atoms with Gasteiger partial charge in [-0.15, -0.1) is 0 Å². The lowest BCUT2D eigenvalue weighted by molar-refractivity contribution is -0.00000591. The molecule has 2 heteroatoms. The number of aryl methyl sites for hydroxylation is 3. The molecule has 4 rings (SSSR count). The predicted octanol–water partition coefficient (Wildman–Crippen LogP) is 3.11. The number of halogens is 1. The molecule has 0 aliphatic heterocycles. The summed E-state index contributed by atoms with van der Waals surface area (Å²) in [5.41, 5.74) is 5.31. The van der Waals surface area contributed by atoms with E-state index in [2.05, 4.69) is 124 Å². The standard InChI is InChI=1S/C28H28P.BrH/c1-22-9-15-26(16-10-22)29(21-25-7-5-4-6-8-25,27-17-11-23(2)12-18-27)28-19-13-24(3)14-20-28;/h4-20H,21H2,1-3H3;1H/q+1;/p-1. The Labute approximate surface area is 192 Å². The van der Waals surface area contributed by atoms with Gasteiger partial charge < -0.3 is 17.0 Å². The molecular weight excluding hydrogens is 447 g/mol. The molecule has 0 atom stereocenters. The maximum atomic E-state index is 2.35. The molecular formula is C28H28BrP. The van der Waals surface area contributed by atoms with Crippen LogP contribution in [0.4, 0.5) is 0 Å². The van der Waals surface area contributed by atoms with Crippen molar-refractivity contribution in [2.45, 2.75) is 26.9 Å². The zero-order valence-corrected chi connectivity index (χ0v) is 20.3. The van der Waals surface area contributed by atoms with Crippen LogP contribution in [0.2, 0.25) is 0 Å². The van der Waals surface area contributed by atoms with Gasteiger partial charge in [-0.2, -0.15) is 0 Å². The van der Waals surface area contributed by atoms with Crippen molar-refractivity contribution in [2.24, 2.45) is 0 Å². The van der Waals surface area contributed by atoms with Crippen LogP contribution in [0.5, 0.6) is 0 Å². The predicted molar refractivity (Wildman–Crippen MR) is 130 cm³/mol. The van der Waals surface area contributed by atoms with Crippen LogP contribution in [0.15, 0.2) is 103 Å². The molecule has 0 aliphatic rings. The topological polar surface area (TPSA) is 0 Å². The van der Waals surface area contributed by atoms with Gasteiger partial charge in [-0.1, -0.05) is 83.4 Å². The Kier molecular flexibility index (Phi) is 7.29. The highest BCUT2D eigenvalue weighted by atomic mass is 79.9. The summed E-state index contributed by atoms with van der Waals surface area (Å²) in [6.45, 7) is 6.50. The van der Waals surface area contributed by atoms with Gasteiger partial charge in [0.25, 0.3) is 0 Å². The molecule has 0 radical (unpaired) electrons. The van der Waals surface area contributed by atoms with Crippen molar-refractivity contribution in [1.82, 2.24) is 0 Å². The van der Waals surface area contributed by atoms with E-state index in [4.69, 9.17) is 0 Å². The zero-order valence-electron chi connectivity index (χ0n) is 17.8. The fourth-order valence-corrected chi connectivity index (χ4v) is 8.15. The fraction of sp³-hybridized carbons (Fsp3) is 0.143. The molecule has 0 heterocycles. The van der Waals surface area contributed by atoms with Crippen LogP contribution in [0.3, 0.4) is 0 Å². The van der Waals surface area contributed by atoms with E-state index in [9.17, 15) is 0 Å². The van der Waals surface area contributed by atoms with Gasteiger partial charge in [-0.05, 0) is 62.7 Å². The van der Waals surface area contributed by atoms with Gasteiger partial charge in [0.2, 0.25) is 0 Å². The molecule has 4 aromatic carbocycles. The Morgan fingerprint density at radius 1 is 0.467 bits per heavy atom. The number of benzene rings is 4. The Balaban J connectivity index is 0.00000256. The molecule has 0 nitrogen and oxygen atoms in total. The summed E-state index contributed by atoms with van der Waals surface area (Å²) in [6, 6.07) is 38.6. The summed E-state index contributed by atoms with van der Waals surface area (Å²) in [5, 5.41) is 4.33. The van der Waals surface area contributed by atoms with Crippen molar-refractivity contribution in [2.75, 3.05) is 0 Å². The first kappa shape index (κ1) is 22.5. The first-order chi connectivity index (χ1) is 14.1. The summed E-state index contributed by atoms with van der Waals surface area (Å²) < 4.78 is 0. The van der Waals surface area contributed by atoms with E-state index in [1.165, 1.54) is 38.2 Å². The van der Waals surface area contributed by atoms with Crippen LogP contribution >= 0.6 is 7.26 Å². The summed E-state index contributed by atoms with van der Waals surface area (Å²) in [7, 11) is -1.83. The van der Waals surface area contributed by atoms with Gasteiger partial charge in [0.05, 0.1) is 6.16 Å². The van der Waals surface area contributed by atoms with E-state index >= 15 is 0 Å². The maximum absolute atomic E-state index is 2.35. The van der Waals surface area contributed by atoms with E-state index in [1.807, 2.05) is 0 Å². The highest BCUT2D eigenvalue weighted by molar-refractivity contribution is 7.95. The molecule has 0 bridgehead atoms. The minimum absolute atomic E-state index is 0. The van der Waals surface area contributed by atoms with E-state index in [-0.39, 0.29) is 17.0 Å².